The molecule has 0 saturated heterocycles. The van der Waals surface area contributed by atoms with E-state index in [-0.39, 0.29) is 45.7 Å². The van der Waals surface area contributed by atoms with Crippen LogP contribution in [0, 0.1) is 46.6 Å². The number of pyridine rings is 1. The van der Waals surface area contributed by atoms with Gasteiger partial charge in [0.05, 0.1) is 60.4 Å². The molecule has 9 rings (SSSR count). The van der Waals surface area contributed by atoms with Crippen LogP contribution >= 0.6 is 0 Å². The minimum absolute atomic E-state index is 0.0601. The molecule has 390 valence electrons. The van der Waals surface area contributed by atoms with Gasteiger partial charge in [0, 0.05) is 77.2 Å². The number of hydrogen-bond donors (Lipinski definition) is 3. The Balaban J connectivity index is 0.000000172. The lowest BCUT2D eigenvalue weighted by Gasteiger charge is -2.14. The highest BCUT2D eigenvalue weighted by Gasteiger charge is 2.24. The van der Waals surface area contributed by atoms with E-state index < -0.39 is 29.6 Å². The van der Waals surface area contributed by atoms with Gasteiger partial charge in [-0.1, -0.05) is 18.1 Å². The molecule has 0 bridgehead atoms. The number of amides is 3. The molecule has 0 atom stereocenters. The maximum atomic E-state index is 13.9. The molecule has 0 spiro atoms. The number of carbonyl (C=O) groups is 3. The summed E-state index contributed by atoms with van der Waals surface area (Å²) in [6, 6.07) is 31.0. The van der Waals surface area contributed by atoms with E-state index in [1.165, 1.54) is 105 Å². The van der Waals surface area contributed by atoms with Gasteiger partial charge in [-0.05, 0) is 72.8 Å². The molecule has 0 unspecified atom stereocenters. The summed E-state index contributed by atoms with van der Waals surface area (Å²) in [6.45, 7) is 0.589. The number of nitrogens with one attached hydrogen (secondary N) is 3. The summed E-state index contributed by atoms with van der Waals surface area (Å²) in [4.78, 5) is 63.7. The minimum Gasteiger partial charge on any atom is -0.454 e. The summed E-state index contributed by atoms with van der Waals surface area (Å²) < 4.78 is 74.1. The summed E-state index contributed by atoms with van der Waals surface area (Å²) in [7, 11) is 0. The van der Waals surface area contributed by atoms with Gasteiger partial charge < -0.3 is 34.9 Å². The number of halogens is 4. The minimum atomic E-state index is -3.38. The Kier molecular flexibility index (Phi) is 18.5. The number of alkyl halides is 2. The smallest absolute Gasteiger partial charge is 0.394 e. The molecule has 0 aliphatic rings. The third-order valence-electron chi connectivity index (χ3n) is 9.67. The van der Waals surface area contributed by atoms with E-state index in [2.05, 4.69) is 61.5 Å². The molecule has 3 amide bonds. The van der Waals surface area contributed by atoms with Crippen molar-refractivity contribution < 1.29 is 50.9 Å². The Morgan fingerprint density at radius 2 is 0.962 bits per heavy atom. The van der Waals surface area contributed by atoms with Crippen LogP contribution in [0.4, 0.5) is 34.6 Å². The zero-order valence-corrected chi connectivity index (χ0v) is 40.7. The van der Waals surface area contributed by atoms with Crippen molar-refractivity contribution in [2.75, 3.05) is 16.0 Å². The van der Waals surface area contributed by atoms with Gasteiger partial charge in [-0.25, -0.2) is 38.7 Å². The monoisotopic (exact) mass is 1060 g/mol. The molecule has 0 aliphatic carbocycles. The van der Waals surface area contributed by atoms with Crippen molar-refractivity contribution >= 4 is 34.8 Å². The molecule has 79 heavy (non-hydrogen) atoms. The van der Waals surface area contributed by atoms with Crippen LogP contribution in [0.1, 0.15) is 54.8 Å². The third kappa shape index (κ3) is 17.5. The molecule has 4 heterocycles. The first kappa shape index (κ1) is 55.1. The van der Waals surface area contributed by atoms with Crippen molar-refractivity contribution in [3.63, 3.8) is 0 Å². The molecule has 3 N–H and O–H groups in total. The number of anilines is 3. The van der Waals surface area contributed by atoms with Crippen LogP contribution in [0.2, 0.25) is 0 Å². The lowest BCUT2D eigenvalue weighted by Crippen LogP contribution is -2.19. The van der Waals surface area contributed by atoms with Crippen LogP contribution in [-0.2, 0) is 0 Å². The standard InChI is InChI=1S/C20H12N4O2.C19H14F3N3O3.C17H10FN5O2/c1-2-14-4-3-5-16(6-14)20(25)24-17-7-15(10-21)8-18(9-17)26-19-11-22-13-23-12-19;1-19(21,22)28-15-4-2-3-12(5-15)18(26)25-14-6-13(20)7-16(8-14)27-17-9-23-11-24-10-17;18-12-1-2-22-16(5-12)17(24)23-13-3-11(7-19)4-14(6-13)25-15-8-20-10-21-9-15/h1,3-9,11-13H,(H,24,25);2-11H,1H3,(H,25,26);1-6,8-10H,(H,23,24). The average Bonchev–Trinajstić information content (AvgIpc) is 3.44. The van der Waals surface area contributed by atoms with Crippen molar-refractivity contribution in [2.24, 2.45) is 0 Å². The quantitative estimate of drug-likeness (QED) is 0.0675. The van der Waals surface area contributed by atoms with Gasteiger partial charge >= 0.3 is 6.11 Å². The van der Waals surface area contributed by atoms with Crippen molar-refractivity contribution in [1.29, 1.82) is 10.5 Å². The number of nitriles is 2. The Morgan fingerprint density at radius 1 is 0.506 bits per heavy atom. The maximum Gasteiger partial charge on any atom is 0.394 e. The highest BCUT2D eigenvalue weighted by atomic mass is 19.3. The van der Waals surface area contributed by atoms with E-state index in [4.69, 9.17) is 25.9 Å². The number of nitrogens with zero attached hydrogens (tertiary/aromatic N) is 9. The van der Waals surface area contributed by atoms with E-state index in [1.54, 1.807) is 42.5 Å². The van der Waals surface area contributed by atoms with E-state index in [9.17, 15) is 37.2 Å². The molecule has 0 fully saturated rings. The molecular formula is C56H36F4N12O7. The fraction of sp³-hybridized carbons (Fsp3) is 0.0357. The summed E-state index contributed by atoms with van der Waals surface area (Å²) in [5.41, 5.74) is 2.46. The second kappa shape index (κ2) is 26.5. The predicted octanol–water partition coefficient (Wildman–Crippen LogP) is 11.0. The molecule has 0 aliphatic heterocycles. The number of carbonyl (C=O) groups excluding carboxylic acids is 3. The second-order valence-electron chi connectivity index (χ2n) is 15.8. The maximum absolute atomic E-state index is 13.9. The lowest BCUT2D eigenvalue weighted by molar-refractivity contribution is -0.159. The normalized spacial score (nSPS) is 10.2. The fourth-order valence-electron chi connectivity index (χ4n) is 6.49. The summed E-state index contributed by atoms with van der Waals surface area (Å²) in [5.74, 6) is 1.41. The Labute approximate surface area is 446 Å². The van der Waals surface area contributed by atoms with Crippen LogP contribution in [0.5, 0.6) is 40.2 Å². The van der Waals surface area contributed by atoms with Crippen molar-refractivity contribution in [2.45, 2.75) is 13.0 Å². The Morgan fingerprint density at radius 3 is 1.43 bits per heavy atom. The topological polar surface area (TPSA) is 262 Å². The van der Waals surface area contributed by atoms with E-state index in [0.29, 0.717) is 58.0 Å². The third-order valence-corrected chi connectivity index (χ3v) is 9.67. The van der Waals surface area contributed by atoms with Crippen LogP contribution in [0.3, 0.4) is 0 Å². The van der Waals surface area contributed by atoms with Gasteiger partial charge in [-0.2, -0.15) is 19.3 Å². The second-order valence-corrected chi connectivity index (χ2v) is 15.8. The van der Waals surface area contributed by atoms with E-state index >= 15 is 0 Å². The number of rotatable bonds is 14. The molecule has 0 radical (unpaired) electrons. The van der Waals surface area contributed by atoms with Crippen LogP contribution < -0.4 is 34.9 Å². The predicted molar refractivity (Wildman–Crippen MR) is 275 cm³/mol. The largest absolute Gasteiger partial charge is 0.454 e. The highest BCUT2D eigenvalue weighted by Crippen LogP contribution is 2.29. The van der Waals surface area contributed by atoms with Gasteiger partial charge in [-0.3, -0.25) is 19.4 Å². The fourth-order valence-corrected chi connectivity index (χ4v) is 6.49. The molecular weight excluding hydrogens is 1030 g/mol. The van der Waals surface area contributed by atoms with Gasteiger partial charge in [0.2, 0.25) is 0 Å². The van der Waals surface area contributed by atoms with Gasteiger partial charge in [0.15, 0.2) is 17.2 Å². The summed E-state index contributed by atoms with van der Waals surface area (Å²) in [6.07, 6.45) is 15.9. The first-order valence-corrected chi connectivity index (χ1v) is 22.6. The Hall–Kier alpha value is -11.6. The van der Waals surface area contributed by atoms with E-state index in [1.807, 2.05) is 12.1 Å². The van der Waals surface area contributed by atoms with Gasteiger partial charge in [-0.15, -0.1) is 6.42 Å². The zero-order valence-electron chi connectivity index (χ0n) is 40.7. The molecule has 19 nitrogen and oxygen atoms in total. The highest BCUT2D eigenvalue weighted by molar-refractivity contribution is 6.05. The van der Waals surface area contributed by atoms with E-state index in [0.717, 1.165) is 30.3 Å². The van der Waals surface area contributed by atoms with Crippen LogP contribution in [0.25, 0.3) is 0 Å². The number of ether oxygens (including phenoxy) is 4. The average molecular weight is 1060 g/mol. The van der Waals surface area contributed by atoms with Gasteiger partial charge in [0.25, 0.3) is 17.7 Å². The van der Waals surface area contributed by atoms with Crippen molar-refractivity contribution in [3.05, 3.63) is 223 Å². The summed E-state index contributed by atoms with van der Waals surface area (Å²) in [5, 5.41) is 26.1. The van der Waals surface area contributed by atoms with Crippen molar-refractivity contribution in [3.8, 4) is 64.7 Å². The first-order chi connectivity index (χ1) is 38.1. The molecule has 0 saturated carbocycles. The lowest BCUT2D eigenvalue weighted by atomic mass is 10.1. The van der Waals surface area contributed by atoms with Crippen molar-refractivity contribution in [1.82, 2.24) is 34.9 Å². The summed E-state index contributed by atoms with van der Waals surface area (Å²) >= 11 is 0. The van der Waals surface area contributed by atoms with Gasteiger partial charge in [0.1, 0.15) is 59.3 Å². The number of hydrogen-bond acceptors (Lipinski definition) is 16. The zero-order chi connectivity index (χ0) is 56.2. The molecule has 4 aromatic heterocycles. The Bertz CT molecular complexity index is 3750. The first-order valence-electron chi connectivity index (χ1n) is 22.6. The molecule has 9 aromatic rings. The van der Waals surface area contributed by atoms with Crippen LogP contribution in [-0.4, -0.2) is 58.7 Å². The number of benzene rings is 5. The number of terminal acetylenes is 1. The number of aromatic nitrogens is 7. The SMILES string of the molecule is C#Cc1cccc(C(=O)Nc2cc(C#N)cc(Oc3cncnc3)c2)c1.CC(F)(F)Oc1cccc(C(=O)Nc2cc(F)cc(Oc3cncnc3)c2)c1.N#Cc1cc(NC(=O)c2cc(F)ccn2)cc(Oc2cncnc2)c1. The van der Waals surface area contributed by atoms with Crippen LogP contribution in [0.15, 0.2) is 178 Å². The molecule has 23 heteroatoms. The molecule has 5 aromatic carbocycles.